The van der Waals surface area contributed by atoms with Crippen molar-refractivity contribution in [2.75, 3.05) is 0 Å². The van der Waals surface area contributed by atoms with Gasteiger partial charge in [-0.05, 0) is 25.6 Å². The van der Waals surface area contributed by atoms with Gasteiger partial charge in [-0.1, -0.05) is 30.4 Å². The van der Waals surface area contributed by atoms with Gasteiger partial charge in [0.1, 0.15) is 0 Å². The maximum atomic E-state index is 4.23. The van der Waals surface area contributed by atoms with Crippen LogP contribution in [0.15, 0.2) is 40.9 Å². The maximum absolute atomic E-state index is 4.23. The fourth-order valence-corrected chi connectivity index (χ4v) is 1.93. The van der Waals surface area contributed by atoms with Crippen molar-refractivity contribution in [2.24, 2.45) is 10.9 Å². The van der Waals surface area contributed by atoms with Gasteiger partial charge in [0.2, 0.25) is 0 Å². The van der Waals surface area contributed by atoms with Crippen molar-refractivity contribution in [1.82, 2.24) is 0 Å². The summed E-state index contributed by atoms with van der Waals surface area (Å²) in [6.45, 7) is 5.71. The predicted octanol–water partition coefficient (Wildman–Crippen LogP) is 2.52. The Morgan fingerprint density at radius 1 is 1.75 bits per heavy atom. The summed E-state index contributed by atoms with van der Waals surface area (Å²) in [5.41, 5.74) is 1.37. The maximum Gasteiger partial charge on any atom is 0.0919 e. The molecule has 0 bridgehead atoms. The molecule has 2 aliphatic carbocycles. The first-order chi connectivity index (χ1) is 5.83. The van der Waals surface area contributed by atoms with Gasteiger partial charge in [0.25, 0.3) is 0 Å². The molecule has 0 radical (unpaired) electrons. The van der Waals surface area contributed by atoms with Crippen molar-refractivity contribution in [3.05, 3.63) is 36.0 Å². The summed E-state index contributed by atoms with van der Waals surface area (Å²) in [6.07, 6.45) is 11.8. The molecule has 2 rings (SSSR count). The molecule has 0 aromatic rings. The minimum absolute atomic E-state index is 0.0568. The van der Waals surface area contributed by atoms with Gasteiger partial charge in [0, 0.05) is 5.92 Å². The van der Waals surface area contributed by atoms with Crippen molar-refractivity contribution in [2.45, 2.75) is 18.9 Å². The number of nitrogens with zero attached hydrogens (tertiary/aromatic N) is 1. The molecule has 0 N–H and O–H groups in total. The van der Waals surface area contributed by atoms with E-state index in [0.29, 0.717) is 5.92 Å². The van der Waals surface area contributed by atoms with Gasteiger partial charge < -0.3 is 0 Å². The Bertz CT molecular complexity index is 296. The van der Waals surface area contributed by atoms with Gasteiger partial charge in [0.15, 0.2) is 0 Å². The molecule has 2 unspecified atom stereocenters. The summed E-state index contributed by atoms with van der Waals surface area (Å²) in [6, 6.07) is 0. The smallest absolute Gasteiger partial charge is 0.0919 e. The van der Waals surface area contributed by atoms with E-state index in [9.17, 15) is 0 Å². The Balaban J connectivity index is 2.35. The van der Waals surface area contributed by atoms with E-state index in [1.165, 1.54) is 5.57 Å². The number of aliphatic imine (C=N–C) groups is 1. The lowest BCUT2D eigenvalue weighted by atomic mass is 9.98. The van der Waals surface area contributed by atoms with Gasteiger partial charge in [-0.2, -0.15) is 0 Å². The Morgan fingerprint density at radius 3 is 3.25 bits per heavy atom. The van der Waals surface area contributed by atoms with E-state index in [4.69, 9.17) is 0 Å². The summed E-state index contributed by atoms with van der Waals surface area (Å²) in [7, 11) is 0. The molecule has 2 atom stereocenters. The third-order valence-electron chi connectivity index (χ3n) is 2.73. The van der Waals surface area contributed by atoms with Gasteiger partial charge in [-0.15, -0.1) is 0 Å². The largest absolute Gasteiger partial charge is 0.289 e. The van der Waals surface area contributed by atoms with Crippen molar-refractivity contribution in [3.63, 3.8) is 0 Å². The summed E-state index contributed by atoms with van der Waals surface area (Å²) in [5.74, 6) is 0.617. The third kappa shape index (κ3) is 0.826. The zero-order chi connectivity index (χ0) is 8.60. The highest BCUT2D eigenvalue weighted by atomic mass is 14.9. The average Bonchev–Trinajstić information content (AvgIpc) is 2.81. The van der Waals surface area contributed by atoms with E-state index in [1.807, 2.05) is 6.92 Å². The van der Waals surface area contributed by atoms with E-state index >= 15 is 0 Å². The first kappa shape index (κ1) is 7.53. The lowest BCUT2D eigenvalue weighted by Gasteiger charge is -2.14. The van der Waals surface area contributed by atoms with Crippen molar-refractivity contribution >= 4 is 6.72 Å². The van der Waals surface area contributed by atoms with Gasteiger partial charge in [0.05, 0.1) is 5.54 Å². The van der Waals surface area contributed by atoms with Crippen LogP contribution in [0.1, 0.15) is 13.3 Å². The van der Waals surface area contributed by atoms with Gasteiger partial charge in [-0.3, -0.25) is 4.99 Å². The SMILES string of the molecule is C=NC12CC1C=CC=C2/C=C\C. The van der Waals surface area contributed by atoms with Crippen molar-refractivity contribution < 1.29 is 0 Å². The van der Waals surface area contributed by atoms with E-state index in [1.54, 1.807) is 0 Å². The molecule has 1 heteroatoms. The molecule has 1 fully saturated rings. The second-order valence-electron chi connectivity index (χ2n) is 3.40. The molecule has 0 amide bonds. The molecule has 0 aromatic heterocycles. The number of rotatable bonds is 2. The zero-order valence-electron chi connectivity index (χ0n) is 7.33. The molecule has 62 valence electrons. The average molecular weight is 159 g/mol. The summed E-state index contributed by atoms with van der Waals surface area (Å²) >= 11 is 0. The summed E-state index contributed by atoms with van der Waals surface area (Å²) in [5, 5.41) is 0. The highest BCUT2D eigenvalue weighted by Crippen LogP contribution is 2.55. The minimum Gasteiger partial charge on any atom is -0.289 e. The first-order valence-corrected chi connectivity index (χ1v) is 4.33. The number of allylic oxidation sites excluding steroid dienone is 3. The van der Waals surface area contributed by atoms with Gasteiger partial charge in [-0.25, -0.2) is 0 Å². The highest BCUT2D eigenvalue weighted by Gasteiger charge is 2.54. The molecular formula is C11H13N. The second-order valence-corrected chi connectivity index (χ2v) is 3.40. The van der Waals surface area contributed by atoms with E-state index in [0.717, 1.165) is 6.42 Å². The van der Waals surface area contributed by atoms with Crippen LogP contribution in [0.25, 0.3) is 0 Å². The number of hydrogen-bond donors (Lipinski definition) is 0. The van der Waals surface area contributed by atoms with E-state index < -0.39 is 0 Å². The monoisotopic (exact) mass is 159 g/mol. The Kier molecular flexibility index (Phi) is 1.53. The van der Waals surface area contributed by atoms with Gasteiger partial charge >= 0.3 is 0 Å². The standard InChI is InChI=1S/C11H13N/c1-3-5-9-6-4-7-10-8-11(9,10)12-2/h3-7,10H,2,8H2,1H3/b5-3-. The van der Waals surface area contributed by atoms with Crippen LogP contribution in [0, 0.1) is 5.92 Å². The number of hydrogen-bond acceptors (Lipinski definition) is 1. The normalized spacial score (nSPS) is 37.8. The first-order valence-electron chi connectivity index (χ1n) is 4.33. The predicted molar refractivity (Wildman–Crippen MR) is 52.4 cm³/mol. The van der Waals surface area contributed by atoms with Crippen molar-refractivity contribution in [3.8, 4) is 0 Å². The molecule has 0 aliphatic heterocycles. The molecule has 0 saturated heterocycles. The van der Waals surface area contributed by atoms with Crippen molar-refractivity contribution in [1.29, 1.82) is 0 Å². The van der Waals surface area contributed by atoms with Crippen LogP contribution < -0.4 is 0 Å². The fourth-order valence-electron chi connectivity index (χ4n) is 1.93. The van der Waals surface area contributed by atoms with Crippen LogP contribution in [0.5, 0.6) is 0 Å². The van der Waals surface area contributed by atoms with E-state index in [2.05, 4.69) is 42.1 Å². The molecule has 0 spiro atoms. The zero-order valence-corrected chi connectivity index (χ0v) is 7.33. The molecule has 1 nitrogen and oxygen atoms in total. The van der Waals surface area contributed by atoms with Crippen LogP contribution in [0.2, 0.25) is 0 Å². The van der Waals surface area contributed by atoms with Crippen LogP contribution in [0.4, 0.5) is 0 Å². The Labute approximate surface area is 73.2 Å². The van der Waals surface area contributed by atoms with Crippen LogP contribution in [-0.2, 0) is 0 Å². The molecular weight excluding hydrogens is 146 g/mol. The van der Waals surface area contributed by atoms with Crippen LogP contribution in [0.3, 0.4) is 0 Å². The molecule has 0 aromatic carbocycles. The second kappa shape index (κ2) is 2.44. The minimum atomic E-state index is 0.0568. The Hall–Kier alpha value is -1.11. The topological polar surface area (TPSA) is 12.4 Å². The highest BCUT2D eigenvalue weighted by molar-refractivity contribution is 5.50. The molecule has 12 heavy (non-hydrogen) atoms. The summed E-state index contributed by atoms with van der Waals surface area (Å²) < 4.78 is 0. The molecule has 0 heterocycles. The molecule has 2 aliphatic rings. The van der Waals surface area contributed by atoms with Crippen LogP contribution in [-0.4, -0.2) is 12.3 Å². The lowest BCUT2D eigenvalue weighted by Crippen LogP contribution is -2.12. The molecule has 1 saturated carbocycles. The van der Waals surface area contributed by atoms with E-state index in [-0.39, 0.29) is 5.54 Å². The fraction of sp³-hybridized carbons (Fsp3) is 0.364. The third-order valence-corrected chi connectivity index (χ3v) is 2.73. The van der Waals surface area contributed by atoms with Crippen LogP contribution >= 0.6 is 0 Å². The number of fused-ring (bicyclic) bond motifs is 1. The summed E-state index contributed by atoms with van der Waals surface area (Å²) in [4.78, 5) is 4.23. The quantitative estimate of drug-likeness (QED) is 0.549. The lowest BCUT2D eigenvalue weighted by molar-refractivity contribution is 0.766. The Morgan fingerprint density at radius 2 is 2.58 bits per heavy atom.